The molecule has 25 heavy (non-hydrogen) atoms. The minimum atomic E-state index is 0.275. The Morgan fingerprint density at radius 1 is 1.20 bits per heavy atom. The van der Waals surface area contributed by atoms with E-state index in [2.05, 4.69) is 38.2 Å². The third-order valence-corrected chi connectivity index (χ3v) is 5.33. The monoisotopic (exact) mass is 338 g/mol. The molecule has 1 unspecified atom stereocenters. The average molecular weight is 338 g/mol. The Kier molecular flexibility index (Phi) is 4.83. The highest BCUT2D eigenvalue weighted by molar-refractivity contribution is 5.79. The standard InChI is InChI=1S/C20H26N4O/c25-20(24(18-8-9-18)13-16-5-2-1-3-6-16)15-23-12-4-7-17(14-23)19-10-11-21-22-19/h1-3,5-6,10-11,17-18H,4,7-9,12-15H2,(H,21,22). The van der Waals surface area contributed by atoms with Crippen molar-refractivity contribution in [1.82, 2.24) is 20.0 Å². The molecule has 2 aliphatic rings. The number of amides is 1. The molecule has 1 amide bonds. The first-order valence-electron chi connectivity index (χ1n) is 9.34. The van der Waals surface area contributed by atoms with E-state index in [0.717, 1.165) is 38.9 Å². The van der Waals surface area contributed by atoms with Gasteiger partial charge in [-0.2, -0.15) is 5.10 Å². The molecule has 4 rings (SSSR count). The Morgan fingerprint density at radius 2 is 2.04 bits per heavy atom. The van der Waals surface area contributed by atoms with Gasteiger partial charge in [0.05, 0.1) is 6.54 Å². The van der Waals surface area contributed by atoms with Crippen LogP contribution in [0.15, 0.2) is 42.6 Å². The van der Waals surface area contributed by atoms with Crippen molar-refractivity contribution in [3.05, 3.63) is 53.9 Å². The lowest BCUT2D eigenvalue weighted by atomic mass is 9.95. The van der Waals surface area contributed by atoms with E-state index in [-0.39, 0.29) is 5.91 Å². The number of aromatic amines is 1. The lowest BCUT2D eigenvalue weighted by molar-refractivity contribution is -0.134. The van der Waals surface area contributed by atoms with Crippen molar-refractivity contribution in [2.45, 2.75) is 44.2 Å². The highest BCUT2D eigenvalue weighted by atomic mass is 16.2. The molecule has 2 heterocycles. The summed E-state index contributed by atoms with van der Waals surface area (Å²) in [6, 6.07) is 12.8. The number of piperidine rings is 1. The number of hydrogen-bond donors (Lipinski definition) is 1. The first-order chi connectivity index (χ1) is 12.3. The zero-order valence-electron chi connectivity index (χ0n) is 14.6. The molecule has 1 atom stereocenters. The van der Waals surface area contributed by atoms with Crippen molar-refractivity contribution < 1.29 is 4.79 Å². The molecule has 1 N–H and O–H groups in total. The topological polar surface area (TPSA) is 52.2 Å². The number of carbonyl (C=O) groups excluding carboxylic acids is 1. The van der Waals surface area contributed by atoms with E-state index >= 15 is 0 Å². The number of hydrogen-bond acceptors (Lipinski definition) is 3. The smallest absolute Gasteiger partial charge is 0.237 e. The van der Waals surface area contributed by atoms with Crippen molar-refractivity contribution in [2.75, 3.05) is 19.6 Å². The average Bonchev–Trinajstić information content (AvgIpc) is 3.33. The maximum absolute atomic E-state index is 13.0. The SMILES string of the molecule is O=C(CN1CCCC(c2ccn[nH]2)C1)N(Cc1ccccc1)C1CC1. The summed E-state index contributed by atoms with van der Waals surface area (Å²) in [6.07, 6.45) is 6.42. The van der Waals surface area contributed by atoms with Crippen LogP contribution in [0.3, 0.4) is 0 Å². The highest BCUT2D eigenvalue weighted by Crippen LogP contribution is 2.29. The predicted octanol–water partition coefficient (Wildman–Crippen LogP) is 2.78. The van der Waals surface area contributed by atoms with Crippen LogP contribution in [0.2, 0.25) is 0 Å². The molecule has 1 saturated carbocycles. The number of H-pyrrole nitrogens is 1. The minimum absolute atomic E-state index is 0.275. The Labute approximate surface area is 149 Å². The van der Waals surface area contributed by atoms with Crippen molar-refractivity contribution in [3.8, 4) is 0 Å². The quantitative estimate of drug-likeness (QED) is 0.881. The lowest BCUT2D eigenvalue weighted by Crippen LogP contribution is -2.44. The van der Waals surface area contributed by atoms with Gasteiger partial charge in [0.1, 0.15) is 0 Å². The molecule has 1 aromatic heterocycles. The molecule has 132 valence electrons. The van der Waals surface area contributed by atoms with Gasteiger partial charge < -0.3 is 4.90 Å². The molecule has 1 aliphatic heterocycles. The van der Waals surface area contributed by atoms with Gasteiger partial charge in [-0.1, -0.05) is 30.3 Å². The van der Waals surface area contributed by atoms with Crippen molar-refractivity contribution >= 4 is 5.91 Å². The first kappa shape index (κ1) is 16.3. The number of benzene rings is 1. The molecule has 1 aliphatic carbocycles. The van der Waals surface area contributed by atoms with Crippen molar-refractivity contribution in [3.63, 3.8) is 0 Å². The first-order valence-corrected chi connectivity index (χ1v) is 9.34. The van der Waals surface area contributed by atoms with E-state index in [1.54, 1.807) is 0 Å². The summed E-state index contributed by atoms with van der Waals surface area (Å²) in [4.78, 5) is 17.4. The van der Waals surface area contributed by atoms with Gasteiger partial charge in [-0.25, -0.2) is 0 Å². The molecule has 0 radical (unpaired) electrons. The number of aromatic nitrogens is 2. The molecule has 5 nitrogen and oxygen atoms in total. The molecular weight excluding hydrogens is 312 g/mol. The van der Waals surface area contributed by atoms with Gasteiger partial charge in [-0.3, -0.25) is 14.8 Å². The summed E-state index contributed by atoms with van der Waals surface area (Å²) < 4.78 is 0. The summed E-state index contributed by atoms with van der Waals surface area (Å²) in [5.41, 5.74) is 2.41. The van der Waals surface area contributed by atoms with Crippen LogP contribution in [0, 0.1) is 0 Å². The van der Waals surface area contributed by atoms with E-state index in [0.29, 0.717) is 18.5 Å². The normalized spacial score (nSPS) is 21.2. The fourth-order valence-corrected chi connectivity index (χ4v) is 3.82. The van der Waals surface area contributed by atoms with Gasteiger partial charge in [0.25, 0.3) is 0 Å². The van der Waals surface area contributed by atoms with Gasteiger partial charge in [-0.15, -0.1) is 0 Å². The maximum atomic E-state index is 13.0. The predicted molar refractivity (Wildman–Crippen MR) is 97.0 cm³/mol. The second kappa shape index (κ2) is 7.40. The van der Waals surface area contributed by atoms with Crippen LogP contribution in [-0.2, 0) is 11.3 Å². The Bertz CT molecular complexity index is 681. The van der Waals surface area contributed by atoms with Crippen molar-refractivity contribution in [1.29, 1.82) is 0 Å². The molecule has 1 saturated heterocycles. The highest BCUT2D eigenvalue weighted by Gasteiger charge is 2.34. The molecule has 1 aromatic carbocycles. The molecule has 0 bridgehead atoms. The second-order valence-corrected chi connectivity index (χ2v) is 7.32. The number of carbonyl (C=O) groups is 1. The molecule has 2 fully saturated rings. The minimum Gasteiger partial charge on any atom is -0.334 e. The van der Waals surface area contributed by atoms with Crippen LogP contribution in [0.1, 0.15) is 42.9 Å². The Hall–Kier alpha value is -2.14. The van der Waals surface area contributed by atoms with Gasteiger partial charge in [-0.05, 0) is 43.9 Å². The van der Waals surface area contributed by atoms with E-state index in [1.165, 1.54) is 17.7 Å². The summed E-state index contributed by atoms with van der Waals surface area (Å²) in [5.74, 6) is 0.740. The maximum Gasteiger partial charge on any atom is 0.237 e. The van der Waals surface area contributed by atoms with Gasteiger partial charge in [0, 0.05) is 36.9 Å². The number of rotatable bonds is 6. The largest absolute Gasteiger partial charge is 0.334 e. The summed E-state index contributed by atoms with van der Waals surface area (Å²) >= 11 is 0. The van der Waals surface area contributed by atoms with E-state index in [9.17, 15) is 4.79 Å². The third-order valence-electron chi connectivity index (χ3n) is 5.33. The fraction of sp³-hybridized carbons (Fsp3) is 0.500. The van der Waals surface area contributed by atoms with Crippen LogP contribution in [-0.4, -0.2) is 51.6 Å². The van der Waals surface area contributed by atoms with Crippen LogP contribution in [0.5, 0.6) is 0 Å². The number of nitrogens with one attached hydrogen (secondary N) is 1. The summed E-state index contributed by atoms with van der Waals surface area (Å²) in [6.45, 7) is 3.23. The zero-order chi connectivity index (χ0) is 17.1. The fourth-order valence-electron chi connectivity index (χ4n) is 3.82. The summed E-state index contributed by atoms with van der Waals surface area (Å²) in [7, 11) is 0. The third kappa shape index (κ3) is 4.10. The Balaban J connectivity index is 1.37. The van der Waals surface area contributed by atoms with Gasteiger partial charge >= 0.3 is 0 Å². The lowest BCUT2D eigenvalue weighted by Gasteiger charge is -2.33. The molecule has 2 aromatic rings. The zero-order valence-corrected chi connectivity index (χ0v) is 14.6. The molecule has 0 spiro atoms. The van der Waals surface area contributed by atoms with Gasteiger partial charge in [0.2, 0.25) is 5.91 Å². The Morgan fingerprint density at radius 3 is 2.76 bits per heavy atom. The van der Waals surface area contributed by atoms with Crippen LogP contribution < -0.4 is 0 Å². The van der Waals surface area contributed by atoms with E-state index in [4.69, 9.17) is 0 Å². The summed E-state index contributed by atoms with van der Waals surface area (Å²) in [5, 5.41) is 7.16. The molecule has 5 heteroatoms. The number of nitrogens with zero attached hydrogens (tertiary/aromatic N) is 3. The molecular formula is C20H26N4O. The van der Waals surface area contributed by atoms with Gasteiger partial charge in [0.15, 0.2) is 0 Å². The van der Waals surface area contributed by atoms with Crippen LogP contribution in [0.25, 0.3) is 0 Å². The number of likely N-dealkylation sites (tertiary alicyclic amines) is 1. The van der Waals surface area contributed by atoms with Crippen LogP contribution in [0.4, 0.5) is 0 Å². The van der Waals surface area contributed by atoms with Crippen LogP contribution >= 0.6 is 0 Å². The van der Waals surface area contributed by atoms with E-state index in [1.807, 2.05) is 24.4 Å². The van der Waals surface area contributed by atoms with E-state index < -0.39 is 0 Å². The second-order valence-electron chi connectivity index (χ2n) is 7.32. The van der Waals surface area contributed by atoms with Crippen molar-refractivity contribution in [2.24, 2.45) is 0 Å².